The number of nitrogens with zero attached hydrogens (tertiary/aromatic N) is 1. The molecule has 0 saturated carbocycles. The number of sulfonamides is 1. The average molecular weight is 544 g/mol. The third kappa shape index (κ3) is 7.96. The molecule has 9 heteroatoms. The van der Waals surface area contributed by atoms with Crippen LogP contribution >= 0.6 is 24.0 Å². The number of ether oxygens (including phenoxy) is 1. The lowest BCUT2D eigenvalue weighted by atomic mass is 10.2. The fraction of sp³-hybridized carbons (Fsp3) is 0.286. The molecule has 0 bridgehead atoms. The molecule has 0 heterocycles. The molecule has 0 radical (unpaired) electrons. The van der Waals surface area contributed by atoms with Gasteiger partial charge in [-0.3, -0.25) is 0 Å². The van der Waals surface area contributed by atoms with Crippen LogP contribution in [0, 0.1) is 0 Å². The maximum atomic E-state index is 12.0. The fourth-order valence-electron chi connectivity index (χ4n) is 2.56. The van der Waals surface area contributed by atoms with Crippen molar-refractivity contribution in [3.8, 4) is 5.75 Å². The minimum absolute atomic E-state index is 0. The van der Waals surface area contributed by atoms with E-state index in [-0.39, 0.29) is 28.9 Å². The molecule has 0 aliphatic rings. The van der Waals surface area contributed by atoms with Crippen LogP contribution < -0.4 is 20.1 Å². The van der Waals surface area contributed by atoms with Crippen molar-refractivity contribution in [2.45, 2.75) is 24.9 Å². The minimum atomic E-state index is -3.48. The number of guanidine groups is 1. The van der Waals surface area contributed by atoms with Gasteiger partial charge < -0.3 is 15.4 Å². The summed E-state index contributed by atoms with van der Waals surface area (Å²) in [6.07, 6.45) is 1.71. The first-order chi connectivity index (χ1) is 14.0. The highest BCUT2D eigenvalue weighted by molar-refractivity contribution is 14.0. The molecule has 0 spiro atoms. The van der Waals surface area contributed by atoms with Crippen molar-refractivity contribution in [3.05, 3.63) is 72.3 Å². The summed E-state index contributed by atoms with van der Waals surface area (Å²) in [6.45, 7) is 7.68. The summed E-state index contributed by atoms with van der Waals surface area (Å²) in [4.78, 5) is 4.78. The van der Waals surface area contributed by atoms with Crippen molar-refractivity contribution in [2.75, 3.05) is 20.2 Å². The lowest BCUT2D eigenvalue weighted by Gasteiger charge is -2.14. The summed E-state index contributed by atoms with van der Waals surface area (Å²) in [6, 6.07) is 14.5. The van der Waals surface area contributed by atoms with Crippen LogP contribution in [0.25, 0.3) is 0 Å². The van der Waals surface area contributed by atoms with Gasteiger partial charge in [-0.1, -0.05) is 43.0 Å². The zero-order valence-electron chi connectivity index (χ0n) is 17.2. The van der Waals surface area contributed by atoms with E-state index in [1.807, 2.05) is 37.3 Å². The molecule has 30 heavy (non-hydrogen) atoms. The van der Waals surface area contributed by atoms with Crippen LogP contribution in [0.3, 0.4) is 0 Å². The van der Waals surface area contributed by atoms with E-state index in [0.717, 1.165) is 16.9 Å². The monoisotopic (exact) mass is 544 g/mol. The Balaban J connectivity index is 0.00000450. The van der Waals surface area contributed by atoms with Crippen LogP contribution in [-0.4, -0.2) is 34.6 Å². The van der Waals surface area contributed by atoms with E-state index < -0.39 is 10.0 Å². The van der Waals surface area contributed by atoms with Gasteiger partial charge in [-0.2, -0.15) is 0 Å². The third-order valence-electron chi connectivity index (χ3n) is 4.02. The second-order valence-electron chi connectivity index (χ2n) is 6.11. The number of halogens is 1. The molecule has 3 N–H and O–H groups in total. The highest BCUT2D eigenvalue weighted by Crippen LogP contribution is 2.17. The van der Waals surface area contributed by atoms with Gasteiger partial charge in [0, 0.05) is 18.7 Å². The van der Waals surface area contributed by atoms with Gasteiger partial charge in [0.15, 0.2) is 5.96 Å². The quantitative estimate of drug-likeness (QED) is 0.185. The molecule has 0 saturated heterocycles. The number of benzene rings is 2. The Morgan fingerprint density at radius 1 is 1.17 bits per heavy atom. The molecule has 0 unspecified atom stereocenters. The Labute approximate surface area is 196 Å². The van der Waals surface area contributed by atoms with Crippen LogP contribution in [0.15, 0.2) is 71.1 Å². The van der Waals surface area contributed by atoms with Crippen LogP contribution in [0.4, 0.5) is 0 Å². The molecular weight excluding hydrogens is 515 g/mol. The van der Waals surface area contributed by atoms with Crippen LogP contribution in [0.5, 0.6) is 5.75 Å². The molecule has 2 aromatic carbocycles. The highest BCUT2D eigenvalue weighted by atomic mass is 127. The standard InChI is InChI=1S/C21H28N4O3S.HI/c1-4-13-28-20-12-7-6-10-18(20)16-25-21(23-5-2)24-15-17-9-8-11-19(14-17)29(26,27)22-3;/h4,6-12,14,22H,1,5,13,15-16H2,2-3H3,(H2,23,24,25);1H. The Morgan fingerprint density at radius 3 is 2.63 bits per heavy atom. The number of aliphatic imine (C=N–C) groups is 1. The van der Waals surface area contributed by atoms with Gasteiger partial charge in [0.2, 0.25) is 10.0 Å². The Kier molecular flexibility index (Phi) is 11.4. The van der Waals surface area contributed by atoms with Gasteiger partial charge in [0.1, 0.15) is 12.4 Å². The first-order valence-corrected chi connectivity index (χ1v) is 10.8. The van der Waals surface area contributed by atoms with E-state index >= 15 is 0 Å². The summed E-state index contributed by atoms with van der Waals surface area (Å²) in [5.41, 5.74) is 1.80. The molecule has 0 aliphatic carbocycles. The Bertz CT molecular complexity index is 949. The molecule has 0 amide bonds. The molecule has 2 rings (SSSR count). The van der Waals surface area contributed by atoms with Gasteiger partial charge in [0.25, 0.3) is 0 Å². The summed E-state index contributed by atoms with van der Waals surface area (Å²) in [7, 11) is -2.09. The van der Waals surface area contributed by atoms with E-state index in [1.54, 1.807) is 24.3 Å². The minimum Gasteiger partial charge on any atom is -0.489 e. The highest BCUT2D eigenvalue weighted by Gasteiger charge is 2.11. The van der Waals surface area contributed by atoms with E-state index in [0.29, 0.717) is 32.2 Å². The van der Waals surface area contributed by atoms with Gasteiger partial charge >= 0.3 is 0 Å². The third-order valence-corrected chi connectivity index (χ3v) is 5.43. The number of para-hydroxylation sites is 1. The Morgan fingerprint density at radius 2 is 1.93 bits per heavy atom. The van der Waals surface area contributed by atoms with Crippen molar-refractivity contribution in [1.29, 1.82) is 0 Å². The Hall–Kier alpha value is -2.11. The lowest BCUT2D eigenvalue weighted by molar-refractivity contribution is 0.358. The number of hydrogen-bond acceptors (Lipinski definition) is 4. The molecule has 0 atom stereocenters. The maximum Gasteiger partial charge on any atom is 0.240 e. The van der Waals surface area contributed by atoms with E-state index in [4.69, 9.17) is 4.74 Å². The normalized spacial score (nSPS) is 11.3. The molecular formula is C21H29IN4O3S. The summed E-state index contributed by atoms with van der Waals surface area (Å²) in [5.74, 6) is 1.42. The van der Waals surface area contributed by atoms with Crippen molar-refractivity contribution < 1.29 is 13.2 Å². The molecule has 2 aromatic rings. The first kappa shape index (κ1) is 25.9. The van der Waals surface area contributed by atoms with E-state index in [2.05, 4.69) is 26.9 Å². The van der Waals surface area contributed by atoms with Crippen molar-refractivity contribution >= 4 is 40.0 Å². The molecule has 0 aromatic heterocycles. The molecule has 164 valence electrons. The average Bonchev–Trinajstić information content (AvgIpc) is 2.75. The number of rotatable bonds is 10. The zero-order chi connectivity index (χ0) is 21.1. The zero-order valence-corrected chi connectivity index (χ0v) is 20.4. The van der Waals surface area contributed by atoms with Gasteiger partial charge in [0.05, 0.1) is 11.4 Å². The van der Waals surface area contributed by atoms with Crippen molar-refractivity contribution in [2.24, 2.45) is 4.99 Å². The predicted molar refractivity (Wildman–Crippen MR) is 132 cm³/mol. The lowest BCUT2D eigenvalue weighted by Crippen LogP contribution is -2.36. The SMILES string of the molecule is C=CCOc1ccccc1CNC(=NCc1cccc(S(=O)(=O)NC)c1)NCC.I. The van der Waals surface area contributed by atoms with Gasteiger partial charge in [-0.05, 0) is 37.7 Å². The smallest absolute Gasteiger partial charge is 0.240 e. The summed E-state index contributed by atoms with van der Waals surface area (Å²) in [5, 5.41) is 6.48. The summed E-state index contributed by atoms with van der Waals surface area (Å²) >= 11 is 0. The molecule has 7 nitrogen and oxygen atoms in total. The number of hydrogen-bond donors (Lipinski definition) is 3. The van der Waals surface area contributed by atoms with Crippen LogP contribution in [0.2, 0.25) is 0 Å². The molecule has 0 fully saturated rings. The van der Waals surface area contributed by atoms with Crippen molar-refractivity contribution in [3.63, 3.8) is 0 Å². The second-order valence-corrected chi connectivity index (χ2v) is 8.00. The topological polar surface area (TPSA) is 91.8 Å². The number of nitrogens with one attached hydrogen (secondary N) is 3. The predicted octanol–water partition coefficient (Wildman–Crippen LogP) is 3.03. The molecule has 0 aliphatic heterocycles. The van der Waals surface area contributed by atoms with E-state index in [9.17, 15) is 8.42 Å². The first-order valence-electron chi connectivity index (χ1n) is 9.36. The maximum absolute atomic E-state index is 12.0. The van der Waals surface area contributed by atoms with Gasteiger partial charge in [-0.25, -0.2) is 18.1 Å². The van der Waals surface area contributed by atoms with E-state index in [1.165, 1.54) is 7.05 Å². The van der Waals surface area contributed by atoms with Crippen LogP contribution in [-0.2, 0) is 23.1 Å². The second kappa shape index (κ2) is 13.2. The van der Waals surface area contributed by atoms with Crippen molar-refractivity contribution in [1.82, 2.24) is 15.4 Å². The van der Waals surface area contributed by atoms with Crippen LogP contribution in [0.1, 0.15) is 18.1 Å². The van der Waals surface area contributed by atoms with Gasteiger partial charge in [-0.15, -0.1) is 24.0 Å². The fourth-order valence-corrected chi connectivity index (χ4v) is 3.36. The largest absolute Gasteiger partial charge is 0.489 e. The summed E-state index contributed by atoms with van der Waals surface area (Å²) < 4.78 is 31.9.